The number of nitrogens with zero attached hydrogens (tertiary/aromatic N) is 5. The molecule has 0 radical (unpaired) electrons. The van der Waals surface area contributed by atoms with Gasteiger partial charge in [0.2, 0.25) is 0 Å². The van der Waals surface area contributed by atoms with E-state index in [1.54, 1.807) is 6.07 Å². The summed E-state index contributed by atoms with van der Waals surface area (Å²) in [5.74, 6) is -0.477. The fourth-order valence-corrected chi connectivity index (χ4v) is 4.39. The maximum atomic E-state index is 12.5. The third kappa shape index (κ3) is 14.8. The Bertz CT molecular complexity index is 1130. The summed E-state index contributed by atoms with van der Waals surface area (Å²) in [5, 5.41) is 19.5. The standard InChI is InChI=1S/C16H9F6N5.C16H36N/c17-15(18,19)10-1-5-12(6-2-10)24-26-14(9-23)27-25-13-7-3-11(4-8-13)16(20,21)22;1-5-9-13-17(14-10-6-2,15-11-7-3)16-12-8-4/h1-8,24H;5-16H2,1-4H3/q;+1/b26-14+,27-25+;. The highest BCUT2D eigenvalue weighted by molar-refractivity contribution is 5.97. The largest absolute Gasteiger partial charge is 0.416 e. The summed E-state index contributed by atoms with van der Waals surface area (Å²) in [6.45, 7) is 15.0. The lowest BCUT2D eigenvalue weighted by molar-refractivity contribution is -0.929. The number of hydrogen-bond donors (Lipinski definition) is 1. The van der Waals surface area contributed by atoms with Gasteiger partial charge in [0.1, 0.15) is 6.07 Å². The van der Waals surface area contributed by atoms with Gasteiger partial charge in [0.25, 0.3) is 5.84 Å². The maximum Gasteiger partial charge on any atom is 0.416 e. The minimum absolute atomic E-state index is 0.0560. The molecular weight excluding hydrogens is 582 g/mol. The van der Waals surface area contributed by atoms with Crippen molar-refractivity contribution >= 4 is 17.2 Å². The van der Waals surface area contributed by atoms with Gasteiger partial charge in [0.05, 0.1) is 48.7 Å². The Morgan fingerprint density at radius 3 is 1.41 bits per heavy atom. The number of hydrazone groups is 1. The van der Waals surface area contributed by atoms with E-state index < -0.39 is 29.3 Å². The molecule has 1 N–H and O–H groups in total. The van der Waals surface area contributed by atoms with E-state index in [4.69, 9.17) is 5.26 Å². The minimum atomic E-state index is -4.49. The number of alkyl halides is 6. The third-order valence-corrected chi connectivity index (χ3v) is 7.00. The molecule has 2 rings (SSSR count). The second kappa shape index (κ2) is 19.7. The number of halogens is 6. The topological polar surface area (TPSA) is 72.9 Å². The first-order chi connectivity index (χ1) is 20.8. The molecule has 0 fully saturated rings. The van der Waals surface area contributed by atoms with Gasteiger partial charge in [-0.05, 0) is 74.2 Å². The van der Waals surface area contributed by atoms with Crippen LogP contribution in [0.3, 0.4) is 0 Å². The summed E-state index contributed by atoms with van der Waals surface area (Å²) in [5.41, 5.74) is 0.849. The fourth-order valence-electron chi connectivity index (χ4n) is 4.39. The molecule has 0 aliphatic carbocycles. The highest BCUT2D eigenvalue weighted by Crippen LogP contribution is 2.31. The summed E-state index contributed by atoms with van der Waals surface area (Å²) >= 11 is 0. The molecule has 44 heavy (non-hydrogen) atoms. The maximum absolute atomic E-state index is 12.5. The van der Waals surface area contributed by atoms with Crippen LogP contribution >= 0.6 is 0 Å². The SMILES string of the molecule is CCCC[N+](CCCC)(CCCC)CCCC.N#CC(/N=N/c1ccc(C(F)(F)F)cc1)=N\Nc1ccc(C(F)(F)F)cc1. The number of benzene rings is 2. The van der Waals surface area contributed by atoms with Crippen LogP contribution < -0.4 is 5.43 Å². The zero-order valence-corrected chi connectivity index (χ0v) is 26.1. The number of nitriles is 1. The van der Waals surface area contributed by atoms with Crippen LogP contribution in [0.2, 0.25) is 0 Å². The summed E-state index contributed by atoms with van der Waals surface area (Å²) in [4.78, 5) is 0. The molecule has 2 aromatic rings. The fraction of sp³-hybridized carbons (Fsp3) is 0.562. The van der Waals surface area contributed by atoms with Crippen LogP contribution in [0.4, 0.5) is 37.7 Å². The van der Waals surface area contributed by atoms with E-state index in [1.807, 2.05) is 0 Å². The van der Waals surface area contributed by atoms with Crippen molar-refractivity contribution in [3.05, 3.63) is 59.7 Å². The lowest BCUT2D eigenvalue weighted by atomic mass is 10.1. The number of nitrogens with one attached hydrogen (secondary N) is 1. The first-order valence-electron chi connectivity index (χ1n) is 15.2. The van der Waals surface area contributed by atoms with E-state index in [0.29, 0.717) is 0 Å². The molecule has 0 unspecified atom stereocenters. The number of amidine groups is 1. The molecule has 0 amide bonds. The summed E-state index contributed by atoms with van der Waals surface area (Å²) < 4.78 is 76.2. The van der Waals surface area contributed by atoms with E-state index in [9.17, 15) is 26.3 Å². The van der Waals surface area contributed by atoms with Gasteiger partial charge in [0.15, 0.2) is 0 Å². The Kier molecular flexibility index (Phi) is 17.3. The molecule has 2 aromatic carbocycles. The van der Waals surface area contributed by atoms with E-state index in [1.165, 1.54) is 82.0 Å². The predicted octanol–water partition coefficient (Wildman–Crippen LogP) is 10.8. The molecule has 12 heteroatoms. The summed E-state index contributed by atoms with van der Waals surface area (Å²) in [6, 6.07) is 9.17. The molecule has 0 bridgehead atoms. The van der Waals surface area contributed by atoms with E-state index in [2.05, 4.69) is 48.5 Å². The normalized spacial score (nSPS) is 12.5. The Labute approximate surface area is 257 Å². The van der Waals surface area contributed by atoms with Gasteiger partial charge in [0, 0.05) is 0 Å². The van der Waals surface area contributed by atoms with Crippen LogP contribution in [-0.2, 0) is 12.4 Å². The first-order valence-corrected chi connectivity index (χ1v) is 15.2. The van der Waals surface area contributed by atoms with Crippen LogP contribution in [0.5, 0.6) is 0 Å². The highest BCUT2D eigenvalue weighted by atomic mass is 19.4. The zero-order valence-electron chi connectivity index (χ0n) is 26.1. The van der Waals surface area contributed by atoms with Gasteiger partial charge in [-0.1, -0.05) is 53.4 Å². The van der Waals surface area contributed by atoms with Gasteiger partial charge in [-0.25, -0.2) is 0 Å². The molecule has 244 valence electrons. The smallest absolute Gasteiger partial charge is 0.324 e. The molecule has 0 saturated heterocycles. The molecule has 6 nitrogen and oxygen atoms in total. The van der Waals surface area contributed by atoms with Crippen LogP contribution in [0, 0.1) is 11.3 Å². The molecule has 0 heterocycles. The third-order valence-electron chi connectivity index (χ3n) is 7.00. The van der Waals surface area contributed by atoms with E-state index in [0.717, 1.165) is 48.5 Å². The second-order valence-corrected chi connectivity index (χ2v) is 10.6. The minimum Gasteiger partial charge on any atom is -0.324 e. The van der Waals surface area contributed by atoms with Crippen molar-refractivity contribution in [3.63, 3.8) is 0 Å². The molecule has 0 aliphatic heterocycles. The Morgan fingerprint density at radius 2 is 1.07 bits per heavy atom. The van der Waals surface area contributed by atoms with Gasteiger partial charge in [-0.3, -0.25) is 5.43 Å². The lowest BCUT2D eigenvalue weighted by Gasteiger charge is -2.39. The lowest BCUT2D eigenvalue weighted by Crippen LogP contribution is -2.50. The monoisotopic (exact) mass is 627 g/mol. The molecule has 0 aliphatic rings. The first kappa shape index (κ1) is 38.6. The Hall–Kier alpha value is -3.46. The average Bonchev–Trinajstić information content (AvgIpc) is 3.00. The number of quaternary nitrogens is 1. The number of unbranched alkanes of at least 4 members (excludes halogenated alkanes) is 4. The van der Waals surface area contributed by atoms with Crippen molar-refractivity contribution < 1.29 is 30.8 Å². The van der Waals surface area contributed by atoms with Gasteiger partial charge in [-0.2, -0.15) is 31.6 Å². The Morgan fingerprint density at radius 1 is 0.682 bits per heavy atom. The molecule has 0 saturated carbocycles. The van der Waals surface area contributed by atoms with Crippen molar-refractivity contribution in [3.8, 4) is 6.07 Å². The average molecular weight is 628 g/mol. The van der Waals surface area contributed by atoms with E-state index >= 15 is 0 Å². The number of rotatable bonds is 15. The van der Waals surface area contributed by atoms with Crippen LogP contribution in [0.1, 0.15) is 90.2 Å². The molecular formula is C32H45F6N6+. The van der Waals surface area contributed by atoms with Gasteiger partial charge < -0.3 is 4.48 Å². The van der Waals surface area contributed by atoms with E-state index in [-0.39, 0.29) is 11.4 Å². The molecule has 0 atom stereocenters. The van der Waals surface area contributed by atoms with Crippen LogP contribution in [0.15, 0.2) is 63.9 Å². The number of anilines is 1. The summed E-state index contributed by atoms with van der Waals surface area (Å²) in [7, 11) is 0. The van der Waals surface area contributed by atoms with Gasteiger partial charge in [-0.15, -0.1) is 15.3 Å². The van der Waals surface area contributed by atoms with Crippen molar-refractivity contribution in [1.82, 2.24) is 0 Å². The molecule has 0 aromatic heterocycles. The number of hydrogen-bond acceptors (Lipinski definition) is 4. The van der Waals surface area contributed by atoms with Crippen molar-refractivity contribution in [2.24, 2.45) is 15.3 Å². The van der Waals surface area contributed by atoms with Crippen LogP contribution in [0.25, 0.3) is 0 Å². The van der Waals surface area contributed by atoms with Crippen molar-refractivity contribution in [1.29, 1.82) is 5.26 Å². The highest BCUT2D eigenvalue weighted by Gasteiger charge is 2.30. The second-order valence-electron chi connectivity index (χ2n) is 10.6. The zero-order chi connectivity index (χ0) is 33.1. The molecule has 0 spiro atoms. The Balaban J connectivity index is 0.000000493. The van der Waals surface area contributed by atoms with Crippen molar-refractivity contribution in [2.75, 3.05) is 31.6 Å². The predicted molar refractivity (Wildman–Crippen MR) is 163 cm³/mol. The van der Waals surface area contributed by atoms with Crippen molar-refractivity contribution in [2.45, 2.75) is 91.4 Å². The van der Waals surface area contributed by atoms with Gasteiger partial charge >= 0.3 is 12.4 Å². The quantitative estimate of drug-likeness (QED) is 0.0533. The summed E-state index contributed by atoms with van der Waals surface area (Å²) in [6.07, 6.45) is 2.10. The van der Waals surface area contributed by atoms with Crippen LogP contribution in [-0.4, -0.2) is 36.5 Å². The number of azo groups is 1.